The molecule has 6 nitrogen and oxygen atoms in total. The summed E-state index contributed by atoms with van der Waals surface area (Å²) in [6, 6.07) is 2.04. The average Bonchev–Trinajstić information content (AvgIpc) is 2.57. The fraction of sp³-hybridized carbons (Fsp3) is 0.235. The first-order valence-corrected chi connectivity index (χ1v) is 8.44. The minimum absolute atomic E-state index is 0.0632. The van der Waals surface area contributed by atoms with Gasteiger partial charge in [-0.2, -0.15) is 0 Å². The number of imide groups is 1. The first kappa shape index (κ1) is 21.6. The third-order valence-electron chi connectivity index (χ3n) is 3.75. The fourth-order valence-corrected chi connectivity index (χ4v) is 2.79. The van der Waals surface area contributed by atoms with Crippen LogP contribution >= 0.6 is 15.9 Å². The molecule has 11 heteroatoms. The van der Waals surface area contributed by atoms with Crippen molar-refractivity contribution in [3.8, 4) is 5.75 Å². The van der Waals surface area contributed by atoms with Gasteiger partial charge in [-0.3, -0.25) is 9.78 Å². The number of hydrogen-bond donors (Lipinski definition) is 1. The highest BCUT2D eigenvalue weighted by molar-refractivity contribution is 9.10. The molecule has 1 N–H and O–H groups in total. The zero-order valence-electron chi connectivity index (χ0n) is 14.4. The van der Waals surface area contributed by atoms with Gasteiger partial charge in [0.2, 0.25) is 0 Å². The number of carboxylic acid groups (broad SMARTS) is 1. The SMILES string of the molecule is Cc1ncc(Br)cc1C(=O)N(C(=O)O)[C@H](C)c1cc(OC(F)(F)F)ccc1F. The van der Waals surface area contributed by atoms with Crippen molar-refractivity contribution >= 4 is 27.9 Å². The molecule has 0 aliphatic rings. The summed E-state index contributed by atoms with van der Waals surface area (Å²) in [5.41, 5.74) is -0.300. The zero-order valence-corrected chi connectivity index (χ0v) is 16.0. The number of halogens is 5. The lowest BCUT2D eigenvalue weighted by molar-refractivity contribution is -0.274. The van der Waals surface area contributed by atoms with Gasteiger partial charge in [0.05, 0.1) is 17.3 Å². The topological polar surface area (TPSA) is 79.7 Å². The van der Waals surface area contributed by atoms with Crippen molar-refractivity contribution in [3.05, 3.63) is 57.6 Å². The highest BCUT2D eigenvalue weighted by Gasteiger charge is 2.34. The van der Waals surface area contributed by atoms with Gasteiger partial charge >= 0.3 is 12.5 Å². The third kappa shape index (κ3) is 4.97. The highest BCUT2D eigenvalue weighted by Crippen LogP contribution is 2.31. The van der Waals surface area contributed by atoms with Crippen LogP contribution in [-0.4, -0.2) is 33.4 Å². The lowest BCUT2D eigenvalue weighted by Gasteiger charge is -2.26. The summed E-state index contributed by atoms with van der Waals surface area (Å²) in [5.74, 6) is -2.74. The Kier molecular flexibility index (Phi) is 6.27. The smallest absolute Gasteiger partial charge is 0.465 e. The summed E-state index contributed by atoms with van der Waals surface area (Å²) >= 11 is 3.12. The number of alkyl halides is 3. The Labute approximate surface area is 164 Å². The maximum Gasteiger partial charge on any atom is 0.573 e. The van der Waals surface area contributed by atoms with Crippen molar-refractivity contribution in [2.45, 2.75) is 26.3 Å². The largest absolute Gasteiger partial charge is 0.573 e. The summed E-state index contributed by atoms with van der Waals surface area (Å²) in [6.07, 6.45) is -5.32. The first-order chi connectivity index (χ1) is 12.9. The standard InChI is InChI=1S/C17H13BrF4N2O4/c1-8-12(5-10(18)7-23-8)15(25)24(16(26)27)9(2)13-6-11(3-4-14(13)19)28-17(20,21)22/h3-7,9H,1-2H3,(H,26,27)/t9-/m1/s1. The summed E-state index contributed by atoms with van der Waals surface area (Å²) < 4.78 is 55.6. The Bertz CT molecular complexity index is 921. The second-order valence-corrected chi connectivity index (χ2v) is 6.57. The van der Waals surface area contributed by atoms with Gasteiger partial charge in [0.25, 0.3) is 5.91 Å². The van der Waals surface area contributed by atoms with Crippen molar-refractivity contribution in [3.63, 3.8) is 0 Å². The molecule has 0 aliphatic heterocycles. The summed E-state index contributed by atoms with van der Waals surface area (Å²) in [4.78, 5) is 28.7. The van der Waals surface area contributed by atoms with Gasteiger partial charge in [0, 0.05) is 16.2 Å². The quantitative estimate of drug-likeness (QED) is 0.638. The van der Waals surface area contributed by atoms with E-state index in [1.54, 1.807) is 0 Å². The Balaban J connectivity index is 2.47. The van der Waals surface area contributed by atoms with Gasteiger partial charge in [0.15, 0.2) is 0 Å². The van der Waals surface area contributed by atoms with Crippen LogP contribution in [0.2, 0.25) is 0 Å². The second-order valence-electron chi connectivity index (χ2n) is 5.65. The minimum atomic E-state index is -5.01. The monoisotopic (exact) mass is 464 g/mol. The van der Waals surface area contributed by atoms with Crippen molar-refractivity contribution in [1.82, 2.24) is 9.88 Å². The van der Waals surface area contributed by atoms with Crippen LogP contribution in [0, 0.1) is 12.7 Å². The molecule has 0 saturated carbocycles. The van der Waals surface area contributed by atoms with E-state index in [2.05, 4.69) is 25.7 Å². The number of carbonyl (C=O) groups excluding carboxylic acids is 1. The van der Waals surface area contributed by atoms with E-state index in [0.29, 0.717) is 21.5 Å². The van der Waals surface area contributed by atoms with Crippen LogP contribution in [0.15, 0.2) is 34.9 Å². The molecule has 0 spiro atoms. The van der Waals surface area contributed by atoms with Gasteiger partial charge in [-0.25, -0.2) is 14.1 Å². The number of rotatable bonds is 4. The molecule has 2 aromatic rings. The van der Waals surface area contributed by atoms with Crippen LogP contribution in [0.1, 0.15) is 34.6 Å². The molecule has 1 aromatic heterocycles. The number of aryl methyl sites for hydroxylation is 1. The van der Waals surface area contributed by atoms with Crippen LogP contribution < -0.4 is 4.74 Å². The molecule has 0 saturated heterocycles. The maximum absolute atomic E-state index is 14.2. The summed E-state index contributed by atoms with van der Waals surface area (Å²) in [5, 5.41) is 9.48. The van der Waals surface area contributed by atoms with Gasteiger partial charge in [-0.05, 0) is 54.0 Å². The lowest BCUT2D eigenvalue weighted by Crippen LogP contribution is -2.38. The molecule has 28 heavy (non-hydrogen) atoms. The molecule has 2 rings (SSSR count). The van der Waals surface area contributed by atoms with Crippen molar-refractivity contribution in [2.24, 2.45) is 0 Å². The predicted molar refractivity (Wildman–Crippen MR) is 92.4 cm³/mol. The van der Waals surface area contributed by atoms with E-state index in [4.69, 9.17) is 0 Å². The van der Waals surface area contributed by atoms with Crippen LogP contribution in [0.25, 0.3) is 0 Å². The lowest BCUT2D eigenvalue weighted by atomic mass is 10.0. The average molecular weight is 465 g/mol. The normalized spacial score (nSPS) is 12.4. The number of ether oxygens (including phenoxy) is 1. The van der Waals surface area contributed by atoms with E-state index in [1.165, 1.54) is 26.1 Å². The Morgan fingerprint density at radius 3 is 2.50 bits per heavy atom. The number of hydrogen-bond acceptors (Lipinski definition) is 4. The van der Waals surface area contributed by atoms with E-state index >= 15 is 0 Å². The second kappa shape index (κ2) is 8.13. The molecule has 150 valence electrons. The number of nitrogens with zero attached hydrogens (tertiary/aromatic N) is 2. The molecule has 1 atom stereocenters. The van der Waals surface area contributed by atoms with Crippen LogP contribution in [0.5, 0.6) is 5.75 Å². The van der Waals surface area contributed by atoms with E-state index in [0.717, 1.165) is 6.07 Å². The number of benzene rings is 1. The Hall–Kier alpha value is -2.69. The first-order valence-electron chi connectivity index (χ1n) is 7.64. The molecule has 0 fully saturated rings. The van der Waals surface area contributed by atoms with Gasteiger partial charge in [-0.1, -0.05) is 0 Å². The fourth-order valence-electron chi connectivity index (χ4n) is 2.46. The van der Waals surface area contributed by atoms with Gasteiger partial charge < -0.3 is 9.84 Å². The van der Waals surface area contributed by atoms with Crippen LogP contribution in [-0.2, 0) is 0 Å². The Morgan fingerprint density at radius 1 is 1.29 bits per heavy atom. The van der Waals surface area contributed by atoms with Gasteiger partial charge in [0.1, 0.15) is 11.6 Å². The highest BCUT2D eigenvalue weighted by atomic mass is 79.9. The third-order valence-corrected chi connectivity index (χ3v) is 4.18. The van der Waals surface area contributed by atoms with Crippen molar-refractivity contribution in [1.29, 1.82) is 0 Å². The minimum Gasteiger partial charge on any atom is -0.465 e. The van der Waals surface area contributed by atoms with E-state index in [1.807, 2.05) is 0 Å². The van der Waals surface area contributed by atoms with E-state index < -0.39 is 41.5 Å². The molecular weight excluding hydrogens is 452 g/mol. The summed E-state index contributed by atoms with van der Waals surface area (Å²) in [6.45, 7) is 2.64. The molecule has 0 aliphatic carbocycles. The predicted octanol–water partition coefficient (Wildman–Crippen LogP) is 5.07. The zero-order chi connectivity index (χ0) is 21.2. The number of aromatic nitrogens is 1. The summed E-state index contributed by atoms with van der Waals surface area (Å²) in [7, 11) is 0. The molecule has 1 heterocycles. The van der Waals surface area contributed by atoms with Crippen LogP contribution in [0.4, 0.5) is 22.4 Å². The molecule has 1 aromatic carbocycles. The molecule has 0 unspecified atom stereocenters. The van der Waals surface area contributed by atoms with Crippen LogP contribution in [0.3, 0.4) is 0 Å². The Morgan fingerprint density at radius 2 is 1.93 bits per heavy atom. The van der Waals surface area contributed by atoms with Crippen molar-refractivity contribution < 1.29 is 37.0 Å². The molecule has 2 amide bonds. The molecular formula is C17H13BrF4N2O4. The van der Waals surface area contributed by atoms with E-state index in [9.17, 15) is 32.3 Å². The maximum atomic E-state index is 14.2. The number of amides is 2. The van der Waals surface area contributed by atoms with Gasteiger partial charge in [-0.15, -0.1) is 13.2 Å². The number of carbonyl (C=O) groups is 2. The van der Waals surface area contributed by atoms with E-state index in [-0.39, 0.29) is 11.3 Å². The molecule has 0 radical (unpaired) electrons. The van der Waals surface area contributed by atoms with Crippen molar-refractivity contribution in [2.75, 3.05) is 0 Å². The number of pyridine rings is 1. The molecule has 0 bridgehead atoms.